The van der Waals surface area contributed by atoms with Crippen molar-refractivity contribution in [2.75, 3.05) is 0 Å². The molecule has 0 aromatic heterocycles. The number of hydrogen-bond acceptors (Lipinski definition) is 3. The monoisotopic (exact) mass is 474 g/mol. The molecule has 0 aromatic rings. The first-order chi connectivity index (χ1) is 12.4. The molecule has 29 heavy (non-hydrogen) atoms. The van der Waals surface area contributed by atoms with E-state index in [0.717, 1.165) is 11.5 Å². The van der Waals surface area contributed by atoms with Gasteiger partial charge < -0.3 is 17.4 Å². The number of aliphatic imine (C=N–C) groups is 1. The first kappa shape index (κ1) is 26.7. The maximum Gasteiger partial charge on any atom is 0.265 e. The molecule has 2 unspecified atom stereocenters. The molecule has 0 N–H and O–H groups in total. The van der Waals surface area contributed by atoms with Crippen molar-refractivity contribution in [1.29, 1.82) is 0 Å². The summed E-state index contributed by atoms with van der Waals surface area (Å²) >= 11 is 0. The quantitative estimate of drug-likeness (QED) is 0.392. The second-order valence-electron chi connectivity index (χ2n) is 12.3. The smallest absolute Gasteiger partial charge is 0.265 e. The summed E-state index contributed by atoms with van der Waals surface area (Å²) in [5.41, 5.74) is 1.19. The Hall–Kier alpha value is -0.346. The normalized spacial score (nSPS) is 21.0. The fourth-order valence-corrected chi connectivity index (χ4v) is 3.63. The van der Waals surface area contributed by atoms with Crippen LogP contribution in [0.1, 0.15) is 83.1 Å². The van der Waals surface area contributed by atoms with E-state index in [-0.39, 0.29) is 66.7 Å². The molecule has 0 saturated heterocycles. The fourth-order valence-electron chi connectivity index (χ4n) is 3.63. The van der Waals surface area contributed by atoms with E-state index in [2.05, 4.69) is 110 Å². The van der Waals surface area contributed by atoms with E-state index in [9.17, 15) is 0 Å². The summed E-state index contributed by atoms with van der Waals surface area (Å²) in [5.74, 6) is 0.886. The number of hydrogen-bond donors (Lipinski definition) is 0. The third-order valence-electron chi connectivity index (χ3n) is 4.95. The average molecular weight is 475 g/mol. The summed E-state index contributed by atoms with van der Waals surface area (Å²) in [7, 11) is 0. The topological polar surface area (TPSA) is 31.0 Å². The summed E-state index contributed by atoms with van der Waals surface area (Å²) in [4.78, 5) is 7.06. The molecule has 2 atom stereocenters. The van der Waals surface area contributed by atoms with Gasteiger partial charge in [-0.15, -0.1) is 0 Å². The Balaban J connectivity index is 0.00000420. The summed E-state index contributed by atoms with van der Waals surface area (Å²) < 4.78 is 2.07. The summed E-state index contributed by atoms with van der Waals surface area (Å²) in [5, 5.41) is 5.07. The van der Waals surface area contributed by atoms with Crippen molar-refractivity contribution in [2.24, 2.45) is 26.3 Å². The molecule has 0 amide bonds. The van der Waals surface area contributed by atoms with E-state index in [0.29, 0.717) is 0 Å². The van der Waals surface area contributed by atoms with Gasteiger partial charge in [0, 0.05) is 44.1 Å². The molecule has 0 bridgehead atoms. The summed E-state index contributed by atoms with van der Waals surface area (Å²) in [6.07, 6.45) is 9.88. The van der Waals surface area contributed by atoms with Crippen LogP contribution in [0.4, 0.5) is 0 Å². The van der Waals surface area contributed by atoms with Crippen LogP contribution in [0.5, 0.6) is 0 Å². The van der Waals surface area contributed by atoms with Gasteiger partial charge in [0.1, 0.15) is 0 Å². The van der Waals surface area contributed by atoms with Gasteiger partial charge in [0.2, 0.25) is 5.71 Å². The second-order valence-corrected chi connectivity index (χ2v) is 12.3. The molecule has 0 fully saturated rings. The molecule has 4 nitrogen and oxygen atoms in total. The number of rotatable bonds is 2. The van der Waals surface area contributed by atoms with Gasteiger partial charge >= 0.3 is 0 Å². The third kappa shape index (κ3) is 6.56. The molecule has 5 heteroatoms. The van der Waals surface area contributed by atoms with Gasteiger partial charge in [-0.05, 0) is 31.3 Å². The number of amidine groups is 1. The van der Waals surface area contributed by atoms with Gasteiger partial charge in [-0.2, -0.15) is 11.5 Å². The molecule has 0 spiro atoms. The molecule has 0 aliphatic carbocycles. The van der Waals surface area contributed by atoms with Crippen molar-refractivity contribution < 1.29 is 37.4 Å². The minimum Gasteiger partial charge on any atom is -0.417 e. The maximum absolute atomic E-state index is 5.07. The van der Waals surface area contributed by atoms with Crippen LogP contribution in [0.3, 0.4) is 0 Å². The molecule has 1 radical (unpaired) electrons. The first-order valence-corrected chi connectivity index (χ1v) is 10.4. The van der Waals surface area contributed by atoms with Crippen molar-refractivity contribution in [3.8, 4) is 0 Å². The molecule has 0 saturated carbocycles. The van der Waals surface area contributed by atoms with Gasteiger partial charge in [-0.1, -0.05) is 73.0 Å². The van der Waals surface area contributed by atoms with Crippen molar-refractivity contribution in [3.63, 3.8) is 0 Å². The van der Waals surface area contributed by atoms with Crippen LogP contribution in [0.25, 0.3) is 0 Å². The molecular formula is C24H41N4Y-. The van der Waals surface area contributed by atoms with Crippen molar-refractivity contribution >= 4 is 17.8 Å². The van der Waals surface area contributed by atoms with E-state index in [1.54, 1.807) is 0 Å². The molecule has 0 aromatic carbocycles. The average Bonchev–Trinajstić information content (AvgIpc) is 2.85. The van der Waals surface area contributed by atoms with Gasteiger partial charge in [0.15, 0.2) is 0 Å². The van der Waals surface area contributed by atoms with Gasteiger partial charge in [0.25, 0.3) is 6.17 Å². The van der Waals surface area contributed by atoms with Crippen molar-refractivity contribution in [2.45, 2.75) is 101 Å². The van der Waals surface area contributed by atoms with E-state index in [1.807, 2.05) is 12.3 Å². The SMILES string of the molecule is CC(C)(C)[CH-]C(N(C1=N[N+]2=C(C(C)(C)C)C=NC2C=[C-]1)C(C)(C)C)C(C)(C)C.[Y]. The van der Waals surface area contributed by atoms with E-state index < -0.39 is 0 Å². The Morgan fingerprint density at radius 1 is 1.00 bits per heavy atom. The Labute approximate surface area is 204 Å². The summed E-state index contributed by atoms with van der Waals surface area (Å²) in [6, 6.07) is 0.213. The van der Waals surface area contributed by atoms with Crippen LogP contribution in [-0.2, 0) is 32.7 Å². The molecule has 2 aliphatic rings. The largest absolute Gasteiger partial charge is 0.417 e. The molecule has 2 rings (SSSR count). The Kier molecular flexibility index (Phi) is 7.96. The van der Waals surface area contributed by atoms with Crippen LogP contribution >= 0.6 is 0 Å². The Bertz CT molecular complexity index is 716. The van der Waals surface area contributed by atoms with E-state index in [1.165, 1.54) is 0 Å². The van der Waals surface area contributed by atoms with Gasteiger partial charge in [-0.25, -0.2) is 4.99 Å². The minimum atomic E-state index is -0.102. The van der Waals surface area contributed by atoms with Crippen molar-refractivity contribution in [1.82, 2.24) is 4.90 Å². The van der Waals surface area contributed by atoms with Crippen LogP contribution in [-0.4, -0.2) is 45.1 Å². The Morgan fingerprint density at radius 2 is 1.55 bits per heavy atom. The molecule has 2 aliphatic heterocycles. The van der Waals surface area contributed by atoms with Crippen LogP contribution < -0.4 is 0 Å². The maximum atomic E-state index is 5.07. The summed E-state index contributed by atoms with van der Waals surface area (Å²) in [6.45, 7) is 27.1. The van der Waals surface area contributed by atoms with Gasteiger partial charge in [-0.3, -0.25) is 0 Å². The Morgan fingerprint density at radius 3 is 1.97 bits per heavy atom. The van der Waals surface area contributed by atoms with E-state index >= 15 is 0 Å². The standard InChI is InChI=1S/C24H41N4.Y/c1-21(2,3)15-17(22(4,5)6)27(24(10,11)12)20-14-13-19-25-16-18(23(7,8)9)28(19)26-20;/h13,15-17,19H,1-12H3;/q-1;. The second kappa shape index (κ2) is 8.65. The minimum absolute atomic E-state index is 0. The molecular weight excluding hydrogens is 433 g/mol. The zero-order valence-electron chi connectivity index (χ0n) is 20.8. The van der Waals surface area contributed by atoms with Crippen LogP contribution in [0.2, 0.25) is 0 Å². The zero-order valence-corrected chi connectivity index (χ0v) is 23.6. The predicted molar refractivity (Wildman–Crippen MR) is 121 cm³/mol. The first-order valence-electron chi connectivity index (χ1n) is 10.4. The fraction of sp³-hybridized carbons (Fsp3) is 0.750. The van der Waals surface area contributed by atoms with Crippen LogP contribution in [0.15, 0.2) is 16.2 Å². The van der Waals surface area contributed by atoms with Gasteiger partial charge in [0.05, 0.1) is 11.6 Å². The third-order valence-corrected chi connectivity index (χ3v) is 4.95. The number of fused-ring (bicyclic) bond motifs is 1. The molecule has 161 valence electrons. The van der Waals surface area contributed by atoms with Crippen molar-refractivity contribution in [3.05, 3.63) is 18.6 Å². The number of hydrazone groups is 1. The van der Waals surface area contributed by atoms with Crippen LogP contribution in [0, 0.1) is 28.7 Å². The molecule has 2 heterocycles. The predicted octanol–water partition coefficient (Wildman–Crippen LogP) is 5.35. The number of nitrogens with zero attached hydrogens (tertiary/aromatic N) is 4. The van der Waals surface area contributed by atoms with E-state index in [4.69, 9.17) is 5.10 Å². The zero-order chi connectivity index (χ0) is 21.7.